The Morgan fingerprint density at radius 2 is 1.85 bits per heavy atom. The Morgan fingerprint density at radius 1 is 1.19 bits per heavy atom. The summed E-state index contributed by atoms with van der Waals surface area (Å²) in [6, 6.07) is 9.42. The number of nitro groups is 1. The summed E-state index contributed by atoms with van der Waals surface area (Å²) in [5, 5.41) is 10.4. The highest BCUT2D eigenvalue weighted by Gasteiger charge is 2.38. The molecule has 0 N–H and O–H groups in total. The van der Waals surface area contributed by atoms with Crippen molar-refractivity contribution in [1.29, 1.82) is 0 Å². The molecule has 27 heavy (non-hydrogen) atoms. The van der Waals surface area contributed by atoms with E-state index in [4.69, 9.17) is 4.74 Å². The maximum atomic E-state index is 13.3. The molecule has 3 rings (SSSR count). The van der Waals surface area contributed by atoms with Gasteiger partial charge in [0.1, 0.15) is 5.75 Å². The molecule has 9 heteroatoms. The Labute approximate surface area is 162 Å². The monoisotopic (exact) mass is 408 g/mol. The molecule has 1 atom stereocenters. The van der Waals surface area contributed by atoms with Crippen molar-refractivity contribution in [3.8, 4) is 5.75 Å². The molecular formula is C18H20N2O5S2. The van der Waals surface area contributed by atoms with Gasteiger partial charge in [0.05, 0.1) is 22.3 Å². The van der Waals surface area contributed by atoms with E-state index in [1.54, 1.807) is 38.3 Å². The predicted octanol–water partition coefficient (Wildman–Crippen LogP) is 3.66. The van der Waals surface area contributed by atoms with Crippen molar-refractivity contribution >= 4 is 27.5 Å². The van der Waals surface area contributed by atoms with Crippen LogP contribution in [0.5, 0.6) is 5.75 Å². The third-order valence-corrected chi connectivity index (χ3v) is 7.92. The first-order valence-corrected chi connectivity index (χ1v) is 10.8. The van der Waals surface area contributed by atoms with E-state index in [1.165, 1.54) is 28.2 Å². The highest BCUT2D eigenvalue weighted by molar-refractivity contribution is 8.01. The molecule has 0 aliphatic carbocycles. The number of hydrogen-bond acceptors (Lipinski definition) is 6. The van der Waals surface area contributed by atoms with E-state index in [-0.39, 0.29) is 10.6 Å². The van der Waals surface area contributed by atoms with Gasteiger partial charge in [0.25, 0.3) is 5.69 Å². The first-order chi connectivity index (χ1) is 12.8. The van der Waals surface area contributed by atoms with Gasteiger partial charge >= 0.3 is 0 Å². The molecule has 0 aromatic heterocycles. The van der Waals surface area contributed by atoms with Gasteiger partial charge < -0.3 is 4.74 Å². The molecule has 0 amide bonds. The molecule has 0 bridgehead atoms. The lowest BCUT2D eigenvalue weighted by molar-refractivity contribution is -0.384. The summed E-state index contributed by atoms with van der Waals surface area (Å²) in [5.41, 5.74) is 2.09. The summed E-state index contributed by atoms with van der Waals surface area (Å²) in [5.74, 6) is 1.31. The van der Waals surface area contributed by atoms with Crippen LogP contribution in [0.1, 0.15) is 22.1 Å². The third kappa shape index (κ3) is 3.67. The maximum Gasteiger partial charge on any atom is 0.269 e. The quantitative estimate of drug-likeness (QED) is 0.554. The van der Waals surface area contributed by atoms with Gasteiger partial charge in [-0.15, -0.1) is 11.8 Å². The summed E-state index contributed by atoms with van der Waals surface area (Å²) >= 11 is 1.51. The summed E-state index contributed by atoms with van der Waals surface area (Å²) in [6.07, 6.45) is 0. The smallest absolute Gasteiger partial charge is 0.269 e. The minimum absolute atomic E-state index is 0.0159. The van der Waals surface area contributed by atoms with Gasteiger partial charge in [0, 0.05) is 24.4 Å². The largest absolute Gasteiger partial charge is 0.496 e. The Bertz CT molecular complexity index is 974. The van der Waals surface area contributed by atoms with E-state index in [0.29, 0.717) is 23.6 Å². The molecule has 1 heterocycles. The molecule has 7 nitrogen and oxygen atoms in total. The van der Waals surface area contributed by atoms with Crippen molar-refractivity contribution in [2.24, 2.45) is 0 Å². The molecule has 1 aliphatic heterocycles. The van der Waals surface area contributed by atoms with Crippen molar-refractivity contribution in [3.63, 3.8) is 0 Å². The van der Waals surface area contributed by atoms with Crippen molar-refractivity contribution in [3.05, 3.63) is 63.2 Å². The van der Waals surface area contributed by atoms with Crippen LogP contribution in [0, 0.1) is 24.0 Å². The van der Waals surface area contributed by atoms with Crippen LogP contribution in [0.3, 0.4) is 0 Å². The fourth-order valence-electron chi connectivity index (χ4n) is 3.11. The van der Waals surface area contributed by atoms with Crippen molar-refractivity contribution in [2.45, 2.75) is 24.1 Å². The lowest BCUT2D eigenvalue weighted by atomic mass is 10.1. The molecule has 1 saturated heterocycles. The number of sulfonamides is 1. The van der Waals surface area contributed by atoms with Crippen LogP contribution < -0.4 is 4.74 Å². The molecular weight excluding hydrogens is 388 g/mol. The van der Waals surface area contributed by atoms with Gasteiger partial charge in [0.2, 0.25) is 10.0 Å². The minimum atomic E-state index is -3.72. The van der Waals surface area contributed by atoms with Crippen LogP contribution in [-0.4, -0.2) is 37.1 Å². The molecule has 0 saturated carbocycles. The second kappa shape index (κ2) is 7.49. The van der Waals surface area contributed by atoms with Crippen LogP contribution in [0.15, 0.2) is 41.3 Å². The zero-order valence-corrected chi connectivity index (χ0v) is 16.8. The first kappa shape index (κ1) is 19.7. The average Bonchev–Trinajstić information content (AvgIpc) is 3.14. The van der Waals surface area contributed by atoms with Crippen molar-refractivity contribution < 1.29 is 18.1 Å². The van der Waals surface area contributed by atoms with E-state index >= 15 is 0 Å². The highest BCUT2D eigenvalue weighted by Crippen LogP contribution is 2.42. The number of non-ortho nitro benzene ring substituents is 1. The van der Waals surface area contributed by atoms with Gasteiger partial charge in [-0.25, -0.2) is 8.42 Å². The van der Waals surface area contributed by atoms with E-state index in [1.807, 2.05) is 6.92 Å². The van der Waals surface area contributed by atoms with Crippen LogP contribution in [0.4, 0.5) is 5.69 Å². The van der Waals surface area contributed by atoms with Gasteiger partial charge in [-0.2, -0.15) is 4.31 Å². The lowest BCUT2D eigenvalue weighted by Gasteiger charge is -2.25. The zero-order valence-electron chi connectivity index (χ0n) is 15.2. The van der Waals surface area contributed by atoms with E-state index < -0.39 is 20.3 Å². The van der Waals surface area contributed by atoms with Crippen molar-refractivity contribution in [2.75, 3.05) is 19.4 Å². The molecule has 0 radical (unpaired) electrons. The Kier molecular flexibility index (Phi) is 5.45. The minimum Gasteiger partial charge on any atom is -0.496 e. The fourth-order valence-corrected chi connectivity index (χ4v) is 6.65. The third-order valence-electron chi connectivity index (χ3n) is 4.52. The van der Waals surface area contributed by atoms with Gasteiger partial charge in [-0.3, -0.25) is 10.1 Å². The van der Waals surface area contributed by atoms with E-state index in [9.17, 15) is 18.5 Å². The second-order valence-electron chi connectivity index (χ2n) is 6.27. The number of aryl methyl sites for hydroxylation is 2. The number of hydrogen-bond donors (Lipinski definition) is 0. The predicted molar refractivity (Wildman–Crippen MR) is 105 cm³/mol. The Morgan fingerprint density at radius 3 is 2.44 bits per heavy atom. The van der Waals surface area contributed by atoms with Crippen LogP contribution in [0.2, 0.25) is 0 Å². The SMILES string of the molecule is COc1cc(C)c(S(=O)(=O)N2CCSC2c2ccc([N+](=O)[O-])cc2)cc1C. The topological polar surface area (TPSA) is 89.8 Å². The Hall–Kier alpha value is -2.10. The van der Waals surface area contributed by atoms with Gasteiger partial charge in [-0.1, -0.05) is 0 Å². The van der Waals surface area contributed by atoms with Crippen LogP contribution >= 0.6 is 11.8 Å². The number of rotatable bonds is 5. The first-order valence-electron chi connectivity index (χ1n) is 8.28. The molecule has 144 valence electrons. The van der Waals surface area contributed by atoms with Crippen LogP contribution in [0.25, 0.3) is 0 Å². The van der Waals surface area contributed by atoms with E-state index in [2.05, 4.69) is 0 Å². The Balaban J connectivity index is 1.98. The number of methoxy groups -OCH3 is 1. The maximum absolute atomic E-state index is 13.3. The lowest BCUT2D eigenvalue weighted by Crippen LogP contribution is -2.31. The van der Waals surface area contributed by atoms with Gasteiger partial charge in [-0.05, 0) is 54.8 Å². The van der Waals surface area contributed by atoms with Crippen LogP contribution in [-0.2, 0) is 10.0 Å². The second-order valence-corrected chi connectivity index (χ2v) is 9.32. The number of ether oxygens (including phenoxy) is 1. The highest BCUT2D eigenvalue weighted by atomic mass is 32.2. The molecule has 2 aromatic carbocycles. The number of thioether (sulfide) groups is 1. The number of nitrogens with zero attached hydrogens (tertiary/aromatic N) is 2. The summed E-state index contributed by atoms with van der Waals surface area (Å²) < 4.78 is 33.4. The summed E-state index contributed by atoms with van der Waals surface area (Å²) in [6.45, 7) is 3.95. The molecule has 2 aromatic rings. The van der Waals surface area contributed by atoms with Gasteiger partial charge in [0.15, 0.2) is 0 Å². The zero-order chi connectivity index (χ0) is 19.8. The molecule has 1 aliphatic rings. The average molecular weight is 409 g/mol. The number of benzene rings is 2. The standard InChI is InChI=1S/C18H20N2O5S2/c1-12-11-17(13(2)10-16(12)25-3)27(23,24)19-8-9-26-18(19)14-4-6-15(7-5-14)20(21)22/h4-7,10-11,18H,8-9H2,1-3H3. The summed E-state index contributed by atoms with van der Waals surface area (Å²) in [4.78, 5) is 10.6. The normalized spacial score (nSPS) is 17.8. The number of nitro benzene ring substituents is 1. The van der Waals surface area contributed by atoms with Crippen molar-refractivity contribution in [1.82, 2.24) is 4.31 Å². The fraction of sp³-hybridized carbons (Fsp3) is 0.333. The molecule has 1 fully saturated rings. The van der Waals surface area contributed by atoms with E-state index in [0.717, 1.165) is 11.1 Å². The molecule has 1 unspecified atom stereocenters. The molecule has 0 spiro atoms. The summed E-state index contributed by atoms with van der Waals surface area (Å²) in [7, 11) is -2.16.